The molecule has 0 aliphatic carbocycles. The van der Waals surface area contributed by atoms with E-state index in [1.807, 2.05) is 12.1 Å². The van der Waals surface area contributed by atoms with E-state index in [2.05, 4.69) is 19.2 Å². The molecule has 4 heteroatoms. The quantitative estimate of drug-likeness (QED) is 0.590. The highest BCUT2D eigenvalue weighted by Gasteiger charge is 2.04. The average Bonchev–Trinajstić information content (AvgIpc) is 2.50. The van der Waals surface area contributed by atoms with Gasteiger partial charge in [0.15, 0.2) is 5.78 Å². The van der Waals surface area contributed by atoms with E-state index in [-0.39, 0.29) is 11.5 Å². The van der Waals surface area contributed by atoms with E-state index in [1.54, 1.807) is 12.1 Å². The van der Waals surface area contributed by atoms with Crippen LogP contribution in [0.4, 0.5) is 10.1 Å². The number of nitrogens with one attached hydrogen (secondary N) is 1. The number of rotatable bonds is 5. The Bertz CT molecular complexity index is 693. The molecule has 0 aliphatic rings. The van der Waals surface area contributed by atoms with E-state index in [9.17, 15) is 9.18 Å². The largest absolute Gasteiger partial charge is 0.359 e. The van der Waals surface area contributed by atoms with Gasteiger partial charge < -0.3 is 5.32 Å². The molecule has 0 spiro atoms. The number of benzene rings is 2. The van der Waals surface area contributed by atoms with Gasteiger partial charge in [-0.2, -0.15) is 0 Å². The second-order valence-electron chi connectivity index (χ2n) is 5.24. The van der Waals surface area contributed by atoms with E-state index in [1.165, 1.54) is 36.0 Å². The summed E-state index contributed by atoms with van der Waals surface area (Å²) in [6.45, 7) is 4.19. The molecule has 22 heavy (non-hydrogen) atoms. The van der Waals surface area contributed by atoms with Crippen molar-refractivity contribution in [2.45, 2.75) is 19.8 Å². The van der Waals surface area contributed by atoms with Crippen LogP contribution in [0.1, 0.15) is 35.7 Å². The van der Waals surface area contributed by atoms with Gasteiger partial charge in [0.05, 0.1) is 5.69 Å². The van der Waals surface area contributed by atoms with Crippen LogP contribution in [0.3, 0.4) is 0 Å². The number of halogens is 2. The maximum atomic E-state index is 13.5. The Balaban J connectivity index is 2.03. The Hall–Kier alpha value is -2.13. The summed E-state index contributed by atoms with van der Waals surface area (Å²) in [6.07, 6.45) is 2.78. The summed E-state index contributed by atoms with van der Waals surface area (Å²) in [5.74, 6) is -0.153. The number of hydrogen-bond acceptors (Lipinski definition) is 2. The van der Waals surface area contributed by atoms with Crippen LogP contribution in [-0.2, 0) is 0 Å². The van der Waals surface area contributed by atoms with Crippen molar-refractivity contribution in [1.82, 2.24) is 0 Å². The highest BCUT2D eigenvalue weighted by Crippen LogP contribution is 2.19. The standard InChI is InChI=1S/C18H17ClFNO/c1-12(2)13-3-5-14(6-4-13)18(22)9-10-21-17-11-15(19)7-8-16(17)20/h3-12,21H,1-2H3. The molecule has 0 saturated heterocycles. The lowest BCUT2D eigenvalue weighted by Crippen LogP contribution is -1.98. The molecule has 0 atom stereocenters. The monoisotopic (exact) mass is 317 g/mol. The molecule has 1 N–H and O–H groups in total. The third kappa shape index (κ3) is 4.18. The van der Waals surface area contributed by atoms with Gasteiger partial charge in [0, 0.05) is 22.9 Å². The van der Waals surface area contributed by atoms with Crippen molar-refractivity contribution in [3.05, 3.63) is 76.7 Å². The van der Waals surface area contributed by atoms with Crippen molar-refractivity contribution in [3.8, 4) is 0 Å². The van der Waals surface area contributed by atoms with Gasteiger partial charge >= 0.3 is 0 Å². The van der Waals surface area contributed by atoms with Gasteiger partial charge in [-0.1, -0.05) is 49.7 Å². The lowest BCUT2D eigenvalue weighted by atomic mass is 10.0. The number of carbonyl (C=O) groups excluding carboxylic acids is 1. The van der Waals surface area contributed by atoms with E-state index < -0.39 is 5.82 Å². The molecule has 0 radical (unpaired) electrons. The highest BCUT2D eigenvalue weighted by atomic mass is 35.5. The Morgan fingerprint density at radius 1 is 1.18 bits per heavy atom. The summed E-state index contributed by atoms with van der Waals surface area (Å²) in [6, 6.07) is 11.7. The minimum absolute atomic E-state index is 0.148. The molecule has 2 aromatic carbocycles. The van der Waals surface area contributed by atoms with Crippen molar-refractivity contribution in [1.29, 1.82) is 0 Å². The first-order valence-corrected chi connectivity index (χ1v) is 7.37. The topological polar surface area (TPSA) is 29.1 Å². The number of carbonyl (C=O) groups is 1. The van der Waals surface area contributed by atoms with E-state index >= 15 is 0 Å². The molecular formula is C18H17ClFNO. The lowest BCUT2D eigenvalue weighted by Gasteiger charge is -2.05. The molecular weight excluding hydrogens is 301 g/mol. The molecule has 2 aromatic rings. The third-order valence-corrected chi connectivity index (χ3v) is 3.50. The predicted octanol–water partition coefficient (Wildman–Crippen LogP) is 5.41. The molecule has 0 amide bonds. The Kier molecular flexibility index (Phi) is 5.34. The molecule has 114 valence electrons. The van der Waals surface area contributed by atoms with Crippen molar-refractivity contribution in [3.63, 3.8) is 0 Å². The lowest BCUT2D eigenvalue weighted by molar-refractivity contribution is 0.104. The number of anilines is 1. The van der Waals surface area contributed by atoms with E-state index in [0.29, 0.717) is 16.5 Å². The summed E-state index contributed by atoms with van der Waals surface area (Å²) in [5.41, 5.74) is 2.00. The van der Waals surface area contributed by atoms with Crippen LogP contribution in [-0.4, -0.2) is 5.78 Å². The molecule has 0 heterocycles. The van der Waals surface area contributed by atoms with Gasteiger partial charge in [0.1, 0.15) is 5.82 Å². The summed E-state index contributed by atoms with van der Waals surface area (Å²) in [4.78, 5) is 12.0. The first kappa shape index (κ1) is 16.2. The third-order valence-electron chi connectivity index (χ3n) is 3.26. The van der Waals surface area contributed by atoms with Crippen LogP contribution < -0.4 is 5.32 Å². The molecule has 2 nitrogen and oxygen atoms in total. The van der Waals surface area contributed by atoms with Gasteiger partial charge in [-0.15, -0.1) is 0 Å². The summed E-state index contributed by atoms with van der Waals surface area (Å²) < 4.78 is 13.5. The smallest absolute Gasteiger partial charge is 0.187 e. The van der Waals surface area contributed by atoms with E-state index in [0.717, 1.165) is 0 Å². The Morgan fingerprint density at radius 2 is 1.86 bits per heavy atom. The molecule has 0 fully saturated rings. The van der Waals surface area contributed by atoms with Gasteiger partial charge in [-0.05, 0) is 29.7 Å². The van der Waals surface area contributed by atoms with Crippen molar-refractivity contribution in [2.75, 3.05) is 5.32 Å². The molecule has 2 rings (SSSR count). The fourth-order valence-electron chi connectivity index (χ4n) is 1.94. The minimum atomic E-state index is -0.428. The first-order chi connectivity index (χ1) is 10.5. The number of hydrogen-bond donors (Lipinski definition) is 1. The second-order valence-corrected chi connectivity index (χ2v) is 5.68. The summed E-state index contributed by atoms with van der Waals surface area (Å²) in [5, 5.41) is 3.15. The average molecular weight is 318 g/mol. The normalized spacial score (nSPS) is 11.1. The first-order valence-electron chi connectivity index (χ1n) is 7.00. The zero-order valence-corrected chi connectivity index (χ0v) is 13.2. The zero-order chi connectivity index (χ0) is 16.1. The predicted molar refractivity (Wildman–Crippen MR) is 89.0 cm³/mol. The van der Waals surface area contributed by atoms with Gasteiger partial charge in [0.2, 0.25) is 0 Å². The maximum Gasteiger partial charge on any atom is 0.187 e. The fourth-order valence-corrected chi connectivity index (χ4v) is 2.12. The van der Waals surface area contributed by atoms with Crippen LogP contribution in [0.5, 0.6) is 0 Å². The van der Waals surface area contributed by atoms with Gasteiger partial charge in [-0.3, -0.25) is 4.79 Å². The molecule has 0 bridgehead atoms. The van der Waals surface area contributed by atoms with Crippen LogP contribution in [0.25, 0.3) is 0 Å². The number of allylic oxidation sites excluding steroid dienone is 1. The molecule has 0 aromatic heterocycles. The number of ketones is 1. The maximum absolute atomic E-state index is 13.5. The zero-order valence-electron chi connectivity index (χ0n) is 12.4. The van der Waals surface area contributed by atoms with Crippen LogP contribution in [0, 0.1) is 5.82 Å². The van der Waals surface area contributed by atoms with Gasteiger partial charge in [0.25, 0.3) is 0 Å². The molecule has 0 unspecified atom stereocenters. The second kappa shape index (κ2) is 7.23. The highest BCUT2D eigenvalue weighted by molar-refractivity contribution is 6.30. The van der Waals surface area contributed by atoms with Crippen LogP contribution in [0.15, 0.2) is 54.7 Å². The van der Waals surface area contributed by atoms with Crippen LogP contribution in [0.2, 0.25) is 5.02 Å². The van der Waals surface area contributed by atoms with Crippen LogP contribution >= 0.6 is 11.6 Å². The summed E-state index contributed by atoms with van der Waals surface area (Å²) >= 11 is 5.80. The van der Waals surface area contributed by atoms with E-state index in [4.69, 9.17) is 11.6 Å². The minimum Gasteiger partial charge on any atom is -0.359 e. The van der Waals surface area contributed by atoms with Crippen molar-refractivity contribution < 1.29 is 9.18 Å². The van der Waals surface area contributed by atoms with Gasteiger partial charge in [-0.25, -0.2) is 4.39 Å². The molecule has 0 aliphatic heterocycles. The molecule has 0 saturated carbocycles. The van der Waals surface area contributed by atoms with Crippen molar-refractivity contribution >= 4 is 23.1 Å². The Labute approximate surface area is 134 Å². The summed E-state index contributed by atoms with van der Waals surface area (Å²) in [7, 11) is 0. The fraction of sp³-hybridized carbons (Fsp3) is 0.167. The SMILES string of the molecule is CC(C)c1ccc(C(=O)C=CNc2cc(Cl)ccc2F)cc1. The Morgan fingerprint density at radius 3 is 2.50 bits per heavy atom. The van der Waals surface area contributed by atoms with Crippen molar-refractivity contribution in [2.24, 2.45) is 0 Å².